The highest BCUT2D eigenvalue weighted by Crippen LogP contribution is 2.27. The molecule has 2 atom stereocenters. The monoisotopic (exact) mass is 429 g/mol. The Labute approximate surface area is 180 Å². The number of aromatic amines is 1. The zero-order valence-electron chi connectivity index (χ0n) is 16.4. The highest BCUT2D eigenvalue weighted by atomic mass is 35.5. The third-order valence-corrected chi connectivity index (χ3v) is 6.47. The van der Waals surface area contributed by atoms with Crippen molar-refractivity contribution in [1.82, 2.24) is 9.88 Å². The number of H-pyrrole nitrogens is 1. The second-order valence-corrected chi connectivity index (χ2v) is 8.62. The number of benzene rings is 2. The summed E-state index contributed by atoms with van der Waals surface area (Å²) in [7, 11) is 0. The van der Waals surface area contributed by atoms with Gasteiger partial charge in [-0.2, -0.15) is 0 Å². The van der Waals surface area contributed by atoms with Crippen molar-refractivity contribution < 1.29 is 0 Å². The minimum atomic E-state index is 0.0327. The number of halogens is 2. The van der Waals surface area contributed by atoms with Gasteiger partial charge in [0.05, 0.1) is 15.6 Å². The van der Waals surface area contributed by atoms with E-state index in [9.17, 15) is 4.79 Å². The van der Waals surface area contributed by atoms with Crippen molar-refractivity contribution >= 4 is 39.9 Å². The van der Waals surface area contributed by atoms with Gasteiger partial charge in [0.25, 0.3) is 0 Å². The molecule has 2 N–H and O–H groups in total. The van der Waals surface area contributed by atoms with E-state index >= 15 is 0 Å². The lowest BCUT2D eigenvalue weighted by Crippen LogP contribution is -2.48. The van der Waals surface area contributed by atoms with E-state index in [1.807, 2.05) is 42.5 Å². The van der Waals surface area contributed by atoms with E-state index in [2.05, 4.69) is 22.1 Å². The number of hydrogen-bond acceptors (Lipinski definition) is 3. The van der Waals surface area contributed by atoms with Gasteiger partial charge >= 0.3 is 0 Å². The van der Waals surface area contributed by atoms with E-state index in [0.29, 0.717) is 21.5 Å². The van der Waals surface area contributed by atoms with Gasteiger partial charge in [-0.3, -0.25) is 9.69 Å². The number of para-hydroxylation sites is 1. The number of pyridine rings is 1. The molecule has 2 heterocycles. The predicted molar refractivity (Wildman–Crippen MR) is 122 cm³/mol. The number of rotatable bonds is 5. The lowest BCUT2D eigenvalue weighted by Gasteiger charge is -2.39. The Morgan fingerprint density at radius 2 is 1.97 bits per heavy atom. The van der Waals surface area contributed by atoms with Crippen molar-refractivity contribution in [3.8, 4) is 0 Å². The van der Waals surface area contributed by atoms with Gasteiger partial charge in [-0.05, 0) is 56.1 Å². The molecule has 1 fully saturated rings. The average molecular weight is 430 g/mol. The molecule has 2 aromatic carbocycles. The van der Waals surface area contributed by atoms with Crippen LogP contribution >= 0.6 is 23.2 Å². The summed E-state index contributed by atoms with van der Waals surface area (Å²) in [6.07, 6.45) is 3.52. The molecule has 0 saturated carbocycles. The maximum Gasteiger partial charge on any atom is 0.191 e. The number of nitrogens with one attached hydrogen (secondary N) is 2. The molecule has 0 amide bonds. The van der Waals surface area contributed by atoms with Crippen molar-refractivity contribution in [2.24, 2.45) is 0 Å². The number of anilines is 1. The van der Waals surface area contributed by atoms with Crippen molar-refractivity contribution in [3.05, 3.63) is 74.4 Å². The Hall–Kier alpha value is -2.01. The van der Waals surface area contributed by atoms with E-state index in [-0.39, 0.29) is 11.5 Å². The summed E-state index contributed by atoms with van der Waals surface area (Å²) in [5.74, 6) is 0.765. The maximum atomic E-state index is 12.4. The Kier molecular flexibility index (Phi) is 6.14. The molecule has 152 valence electrons. The van der Waals surface area contributed by atoms with Crippen LogP contribution in [0.25, 0.3) is 10.9 Å². The van der Waals surface area contributed by atoms with Crippen molar-refractivity contribution in [1.29, 1.82) is 0 Å². The topological polar surface area (TPSA) is 48.1 Å². The lowest BCUT2D eigenvalue weighted by molar-refractivity contribution is 0.128. The first-order chi connectivity index (χ1) is 14.0. The largest absolute Gasteiger partial charge is 0.367 e. The van der Waals surface area contributed by atoms with Gasteiger partial charge in [-0.25, -0.2) is 0 Å². The van der Waals surface area contributed by atoms with Gasteiger partial charge in [-0.1, -0.05) is 47.8 Å². The van der Waals surface area contributed by atoms with Crippen LogP contribution in [0.2, 0.25) is 10.0 Å². The molecular weight excluding hydrogens is 405 g/mol. The van der Waals surface area contributed by atoms with Gasteiger partial charge < -0.3 is 10.3 Å². The molecule has 1 aliphatic heterocycles. The Balaban J connectivity index is 1.52. The summed E-state index contributed by atoms with van der Waals surface area (Å²) in [6.45, 7) is 4.07. The van der Waals surface area contributed by atoms with Crippen LogP contribution in [0.4, 0.5) is 5.82 Å². The first kappa shape index (κ1) is 20.3. The van der Waals surface area contributed by atoms with Crippen LogP contribution in [0.3, 0.4) is 0 Å². The van der Waals surface area contributed by atoms with E-state index < -0.39 is 0 Å². The number of aromatic nitrogens is 1. The number of piperidine rings is 1. The van der Waals surface area contributed by atoms with Crippen LogP contribution < -0.4 is 10.7 Å². The summed E-state index contributed by atoms with van der Waals surface area (Å²) in [5, 5.41) is 5.43. The molecule has 6 heteroatoms. The molecule has 0 aliphatic carbocycles. The minimum Gasteiger partial charge on any atom is -0.367 e. The first-order valence-electron chi connectivity index (χ1n) is 10.1. The molecule has 0 spiro atoms. The molecule has 1 aliphatic rings. The predicted octanol–water partition coefficient (Wildman–Crippen LogP) is 5.69. The molecule has 0 radical (unpaired) electrons. The third kappa shape index (κ3) is 4.61. The molecule has 2 unspecified atom stereocenters. The second kappa shape index (κ2) is 8.78. The normalized spacial score (nSPS) is 18.7. The van der Waals surface area contributed by atoms with Crippen LogP contribution in [0.5, 0.6) is 0 Å². The van der Waals surface area contributed by atoms with Crippen molar-refractivity contribution in [2.45, 2.75) is 44.8 Å². The molecule has 4 nitrogen and oxygen atoms in total. The summed E-state index contributed by atoms with van der Waals surface area (Å²) in [6, 6.07) is 15.7. The highest BCUT2D eigenvalue weighted by Gasteiger charge is 2.27. The van der Waals surface area contributed by atoms with E-state index in [1.54, 1.807) is 6.07 Å². The van der Waals surface area contributed by atoms with Gasteiger partial charge in [-0.15, -0.1) is 0 Å². The summed E-state index contributed by atoms with van der Waals surface area (Å²) >= 11 is 12.3. The number of nitrogens with zero attached hydrogens (tertiary/aromatic N) is 1. The molecule has 29 heavy (non-hydrogen) atoms. The van der Waals surface area contributed by atoms with E-state index in [1.165, 1.54) is 12.8 Å². The fourth-order valence-corrected chi connectivity index (χ4v) is 4.59. The summed E-state index contributed by atoms with van der Waals surface area (Å²) in [5.41, 5.74) is 2.05. The van der Waals surface area contributed by atoms with E-state index in [4.69, 9.17) is 23.2 Å². The molecule has 1 aromatic heterocycles. The first-order valence-corrected chi connectivity index (χ1v) is 10.8. The maximum absolute atomic E-state index is 12.4. The second-order valence-electron chi connectivity index (χ2n) is 7.81. The zero-order valence-corrected chi connectivity index (χ0v) is 17.9. The molecule has 4 rings (SSSR count). The van der Waals surface area contributed by atoms with Gasteiger partial charge in [0, 0.05) is 30.1 Å². The van der Waals surface area contributed by atoms with Crippen LogP contribution in [-0.2, 0) is 6.54 Å². The zero-order chi connectivity index (χ0) is 20.4. The van der Waals surface area contributed by atoms with Crippen LogP contribution in [0, 0.1) is 0 Å². The fraction of sp³-hybridized carbons (Fsp3) is 0.348. The average Bonchev–Trinajstić information content (AvgIpc) is 2.71. The highest BCUT2D eigenvalue weighted by molar-refractivity contribution is 6.42. The number of likely N-dealkylation sites (tertiary alicyclic amines) is 1. The van der Waals surface area contributed by atoms with Gasteiger partial charge in [0.2, 0.25) is 0 Å². The number of fused-ring (bicyclic) bond motifs is 1. The lowest BCUT2D eigenvalue weighted by atomic mass is 9.95. The van der Waals surface area contributed by atoms with Crippen molar-refractivity contribution in [2.75, 3.05) is 11.9 Å². The van der Waals surface area contributed by atoms with Gasteiger partial charge in [0.1, 0.15) is 5.82 Å². The Morgan fingerprint density at radius 1 is 1.14 bits per heavy atom. The Morgan fingerprint density at radius 3 is 2.79 bits per heavy atom. The quantitative estimate of drug-likeness (QED) is 0.547. The smallest absolute Gasteiger partial charge is 0.191 e. The Bertz CT molecular complexity index is 1070. The standard InChI is InChI=1S/C23H25Cl2N3O/c1-15(26-23-13-22(29)17-6-2-3-7-20(17)27-23)21-8-4-5-11-28(21)14-16-9-10-18(24)19(25)12-16/h2-3,6-7,9-10,12-13,15,21H,4-5,8,11,14H2,1H3,(H2,26,27,29). The van der Waals surface area contributed by atoms with Crippen LogP contribution in [0.15, 0.2) is 53.3 Å². The molecule has 3 aromatic rings. The van der Waals surface area contributed by atoms with E-state index in [0.717, 1.165) is 36.4 Å². The molecule has 0 bridgehead atoms. The summed E-state index contributed by atoms with van der Waals surface area (Å²) < 4.78 is 0. The third-order valence-electron chi connectivity index (χ3n) is 5.73. The van der Waals surface area contributed by atoms with Crippen LogP contribution in [-0.4, -0.2) is 28.5 Å². The molecule has 1 saturated heterocycles. The van der Waals surface area contributed by atoms with Crippen molar-refractivity contribution in [3.63, 3.8) is 0 Å². The SMILES string of the molecule is CC(Nc1cc(=O)c2ccccc2[nH]1)C1CCCCN1Cc1ccc(Cl)c(Cl)c1. The number of hydrogen-bond donors (Lipinski definition) is 2. The summed E-state index contributed by atoms with van der Waals surface area (Å²) in [4.78, 5) is 18.3. The molecular formula is C23H25Cl2N3O. The fourth-order valence-electron chi connectivity index (χ4n) is 4.27. The minimum absolute atomic E-state index is 0.0327. The van der Waals surface area contributed by atoms with Crippen LogP contribution in [0.1, 0.15) is 31.7 Å². The van der Waals surface area contributed by atoms with Gasteiger partial charge in [0.15, 0.2) is 5.43 Å².